The molecule has 0 saturated heterocycles. The zero-order chi connectivity index (χ0) is 13.7. The molecule has 3 aromatic rings. The maximum absolute atomic E-state index is 13.1. The van der Waals surface area contributed by atoms with Crippen molar-refractivity contribution in [3.63, 3.8) is 0 Å². The number of hydrogen-bond donors (Lipinski definition) is 1. The van der Waals surface area contributed by atoms with Gasteiger partial charge in [0.1, 0.15) is 11.3 Å². The molecule has 7 heteroatoms. The third kappa shape index (κ3) is 1.79. The van der Waals surface area contributed by atoms with Crippen molar-refractivity contribution in [1.82, 2.24) is 19.3 Å². The molecule has 0 radical (unpaired) electrons. The van der Waals surface area contributed by atoms with Gasteiger partial charge in [-0.05, 0) is 37.3 Å². The van der Waals surface area contributed by atoms with Gasteiger partial charge in [0.15, 0.2) is 10.4 Å². The molecule has 0 aliphatic rings. The molecule has 4 nitrogen and oxygen atoms in total. The number of fused-ring (bicyclic) bond motifs is 1. The first-order valence-corrected chi connectivity index (χ1v) is 6.37. The van der Waals surface area contributed by atoms with Crippen molar-refractivity contribution in [2.45, 2.75) is 6.92 Å². The van der Waals surface area contributed by atoms with Crippen LogP contribution in [0, 0.1) is 17.5 Å². The second-order valence-corrected chi connectivity index (χ2v) is 5.06. The van der Waals surface area contributed by atoms with Crippen molar-refractivity contribution in [1.29, 1.82) is 0 Å². The molecule has 0 atom stereocenters. The highest BCUT2D eigenvalue weighted by atomic mass is 35.5. The minimum absolute atomic E-state index is 0.302. The standard InChI is InChI=1S/C12H10ClFN4S/c1-6-10-11(17(2)16-6)18(12(19)15-10)9-4-3-7(14)5-8(9)13/h3-5H,1-2H3,(H,15,19). The molecule has 0 amide bonds. The minimum atomic E-state index is -0.381. The van der Waals surface area contributed by atoms with Crippen LogP contribution >= 0.6 is 23.8 Å². The fraction of sp³-hybridized carbons (Fsp3) is 0.167. The lowest BCUT2D eigenvalue weighted by atomic mass is 10.3. The number of H-pyrrole nitrogens is 1. The third-order valence-corrected chi connectivity index (χ3v) is 3.58. The summed E-state index contributed by atoms with van der Waals surface area (Å²) in [6, 6.07) is 4.22. The van der Waals surface area contributed by atoms with Crippen LogP contribution in [-0.4, -0.2) is 19.3 Å². The first kappa shape index (κ1) is 12.4. The summed E-state index contributed by atoms with van der Waals surface area (Å²) in [5, 5.41) is 4.63. The molecule has 1 N–H and O–H groups in total. The predicted molar refractivity (Wildman–Crippen MR) is 74.9 cm³/mol. The summed E-state index contributed by atoms with van der Waals surface area (Å²) in [7, 11) is 1.83. The Labute approximate surface area is 118 Å². The Kier molecular flexibility index (Phi) is 2.72. The number of imidazole rings is 1. The summed E-state index contributed by atoms with van der Waals surface area (Å²) in [6.45, 7) is 1.89. The van der Waals surface area contributed by atoms with Gasteiger partial charge in [-0.1, -0.05) is 11.6 Å². The summed E-state index contributed by atoms with van der Waals surface area (Å²) < 4.78 is 17.1. The molecular weight excluding hydrogens is 287 g/mol. The van der Waals surface area contributed by atoms with Crippen LogP contribution in [0.15, 0.2) is 18.2 Å². The average molecular weight is 297 g/mol. The van der Waals surface area contributed by atoms with Crippen LogP contribution in [0.1, 0.15) is 5.69 Å². The summed E-state index contributed by atoms with van der Waals surface area (Å²) in [4.78, 5) is 3.10. The van der Waals surface area contributed by atoms with Crippen LogP contribution in [0.4, 0.5) is 4.39 Å². The van der Waals surface area contributed by atoms with Gasteiger partial charge in [-0.25, -0.2) is 9.07 Å². The van der Waals surface area contributed by atoms with E-state index in [1.807, 2.05) is 14.0 Å². The van der Waals surface area contributed by atoms with E-state index in [2.05, 4.69) is 10.1 Å². The molecule has 0 saturated carbocycles. The number of nitrogens with one attached hydrogen (secondary N) is 1. The summed E-state index contributed by atoms with van der Waals surface area (Å²) in [5.74, 6) is -0.381. The lowest BCUT2D eigenvalue weighted by molar-refractivity contribution is 0.627. The summed E-state index contributed by atoms with van der Waals surface area (Å²) >= 11 is 11.4. The first-order chi connectivity index (χ1) is 8.99. The lowest BCUT2D eigenvalue weighted by Gasteiger charge is -2.07. The van der Waals surface area contributed by atoms with E-state index in [1.165, 1.54) is 12.1 Å². The molecule has 2 heterocycles. The quantitative estimate of drug-likeness (QED) is 0.698. The average Bonchev–Trinajstić information content (AvgIpc) is 2.79. The Morgan fingerprint density at radius 2 is 2.16 bits per heavy atom. The van der Waals surface area contributed by atoms with E-state index in [4.69, 9.17) is 23.8 Å². The molecule has 1 aromatic carbocycles. The molecule has 0 bridgehead atoms. The Morgan fingerprint density at radius 1 is 1.42 bits per heavy atom. The van der Waals surface area contributed by atoms with Gasteiger partial charge in [0.25, 0.3) is 0 Å². The van der Waals surface area contributed by atoms with Crippen LogP contribution in [0.25, 0.3) is 16.9 Å². The Morgan fingerprint density at radius 3 is 2.84 bits per heavy atom. The number of aromatic amines is 1. The molecule has 98 valence electrons. The van der Waals surface area contributed by atoms with Crippen molar-refractivity contribution in [3.05, 3.63) is 39.5 Å². The number of aromatic nitrogens is 4. The number of nitrogens with zero attached hydrogens (tertiary/aromatic N) is 3. The molecule has 0 spiro atoms. The molecule has 19 heavy (non-hydrogen) atoms. The largest absolute Gasteiger partial charge is 0.327 e. The van der Waals surface area contributed by atoms with Gasteiger partial charge in [-0.2, -0.15) is 5.10 Å². The van der Waals surface area contributed by atoms with E-state index >= 15 is 0 Å². The molecule has 0 aliphatic carbocycles. The van der Waals surface area contributed by atoms with E-state index in [9.17, 15) is 4.39 Å². The lowest BCUT2D eigenvalue weighted by Crippen LogP contribution is -2.01. The normalized spacial score (nSPS) is 11.4. The van der Waals surface area contributed by atoms with E-state index < -0.39 is 0 Å². The van der Waals surface area contributed by atoms with Crippen molar-refractivity contribution in [2.75, 3.05) is 0 Å². The van der Waals surface area contributed by atoms with Gasteiger partial charge in [0, 0.05) is 7.05 Å². The topological polar surface area (TPSA) is 38.5 Å². The van der Waals surface area contributed by atoms with Gasteiger partial charge in [-0.3, -0.25) is 4.57 Å². The van der Waals surface area contributed by atoms with Gasteiger partial charge in [-0.15, -0.1) is 0 Å². The zero-order valence-corrected chi connectivity index (χ0v) is 11.8. The van der Waals surface area contributed by atoms with E-state index in [0.29, 0.717) is 15.5 Å². The van der Waals surface area contributed by atoms with Crippen molar-refractivity contribution in [2.24, 2.45) is 7.05 Å². The number of benzene rings is 1. The van der Waals surface area contributed by atoms with Crippen LogP contribution in [-0.2, 0) is 7.05 Å². The Balaban J connectivity index is 2.42. The maximum Gasteiger partial charge on any atom is 0.184 e. The number of aryl methyl sites for hydroxylation is 2. The van der Waals surface area contributed by atoms with Crippen LogP contribution in [0.5, 0.6) is 0 Å². The van der Waals surface area contributed by atoms with Crippen LogP contribution in [0.3, 0.4) is 0 Å². The zero-order valence-electron chi connectivity index (χ0n) is 10.2. The van der Waals surface area contributed by atoms with E-state index in [1.54, 1.807) is 15.3 Å². The smallest absolute Gasteiger partial charge is 0.184 e. The van der Waals surface area contributed by atoms with E-state index in [-0.39, 0.29) is 5.82 Å². The number of halogens is 2. The minimum Gasteiger partial charge on any atom is -0.327 e. The molecular formula is C12H10ClFN4S. The van der Waals surface area contributed by atoms with Gasteiger partial charge in [0.05, 0.1) is 16.4 Å². The fourth-order valence-electron chi connectivity index (χ4n) is 2.19. The molecule has 0 unspecified atom stereocenters. The molecule has 0 aliphatic heterocycles. The van der Waals surface area contributed by atoms with Crippen LogP contribution < -0.4 is 0 Å². The maximum atomic E-state index is 13.1. The molecule has 0 fully saturated rings. The monoisotopic (exact) mass is 296 g/mol. The summed E-state index contributed by atoms with van der Waals surface area (Å²) in [5.41, 5.74) is 3.13. The number of hydrogen-bond acceptors (Lipinski definition) is 2. The Hall–Kier alpha value is -1.66. The van der Waals surface area contributed by atoms with Crippen molar-refractivity contribution < 1.29 is 4.39 Å². The summed E-state index contributed by atoms with van der Waals surface area (Å²) in [6.07, 6.45) is 0. The van der Waals surface area contributed by atoms with Gasteiger partial charge >= 0.3 is 0 Å². The third-order valence-electron chi connectivity index (χ3n) is 2.99. The SMILES string of the molecule is Cc1nn(C)c2c1[nH]c(=S)n2-c1ccc(F)cc1Cl. The first-order valence-electron chi connectivity index (χ1n) is 5.59. The van der Waals surface area contributed by atoms with Crippen molar-refractivity contribution >= 4 is 35.0 Å². The molecule has 3 rings (SSSR count). The second kappa shape index (κ2) is 4.18. The highest BCUT2D eigenvalue weighted by molar-refractivity contribution is 7.71. The van der Waals surface area contributed by atoms with E-state index in [0.717, 1.165) is 16.9 Å². The van der Waals surface area contributed by atoms with Crippen LogP contribution in [0.2, 0.25) is 5.02 Å². The van der Waals surface area contributed by atoms with Gasteiger partial charge in [0.2, 0.25) is 0 Å². The number of rotatable bonds is 1. The Bertz CT molecular complexity index is 845. The fourth-order valence-corrected chi connectivity index (χ4v) is 2.73. The predicted octanol–water partition coefficient (Wildman–Crippen LogP) is 3.52. The highest BCUT2D eigenvalue weighted by Gasteiger charge is 2.15. The highest BCUT2D eigenvalue weighted by Crippen LogP contribution is 2.27. The van der Waals surface area contributed by atoms with Crippen molar-refractivity contribution in [3.8, 4) is 5.69 Å². The van der Waals surface area contributed by atoms with Gasteiger partial charge < -0.3 is 4.98 Å². The second-order valence-electron chi connectivity index (χ2n) is 4.27. The molecule has 2 aromatic heterocycles.